The van der Waals surface area contributed by atoms with E-state index in [2.05, 4.69) is 4.72 Å². The lowest BCUT2D eigenvalue weighted by Gasteiger charge is -2.33. The van der Waals surface area contributed by atoms with Crippen molar-refractivity contribution in [3.63, 3.8) is 0 Å². The van der Waals surface area contributed by atoms with Crippen LogP contribution in [0.25, 0.3) is 0 Å². The minimum absolute atomic E-state index is 0.0131. The first kappa shape index (κ1) is 14.5. The number of hydrogen-bond donors (Lipinski definition) is 2. The topological polar surface area (TPSA) is 83.5 Å². The summed E-state index contributed by atoms with van der Waals surface area (Å²) in [4.78, 5) is 10.8. The Kier molecular flexibility index (Phi) is 3.98. The summed E-state index contributed by atoms with van der Waals surface area (Å²) >= 11 is 0.941. The second-order valence-electron chi connectivity index (χ2n) is 5.19. The Hall–Kier alpha value is -0.920. The van der Waals surface area contributed by atoms with Gasteiger partial charge in [-0.05, 0) is 25.8 Å². The highest BCUT2D eigenvalue weighted by molar-refractivity contribution is 7.91. The van der Waals surface area contributed by atoms with Gasteiger partial charge in [-0.25, -0.2) is 17.9 Å². The highest BCUT2D eigenvalue weighted by Gasteiger charge is 2.32. The summed E-state index contributed by atoms with van der Waals surface area (Å²) in [5, 5.41) is 10.2. The first-order chi connectivity index (χ1) is 8.82. The largest absolute Gasteiger partial charge is 0.478 e. The van der Waals surface area contributed by atoms with Crippen molar-refractivity contribution in [3.05, 3.63) is 17.0 Å². The summed E-state index contributed by atoms with van der Waals surface area (Å²) < 4.78 is 27.3. The number of aromatic carboxylic acids is 1. The Balaban J connectivity index is 2.19. The molecule has 106 valence electrons. The van der Waals surface area contributed by atoms with E-state index in [1.165, 1.54) is 11.4 Å². The van der Waals surface area contributed by atoms with Gasteiger partial charge in [0.15, 0.2) is 0 Å². The third kappa shape index (κ3) is 3.34. The first-order valence-electron chi connectivity index (χ1n) is 6.18. The van der Waals surface area contributed by atoms with Crippen LogP contribution in [0.5, 0.6) is 0 Å². The molecule has 1 aliphatic carbocycles. The maximum atomic E-state index is 12.2. The number of hydrogen-bond acceptors (Lipinski definition) is 4. The molecular weight excluding hydrogens is 286 g/mol. The molecule has 1 heterocycles. The van der Waals surface area contributed by atoms with E-state index < -0.39 is 21.5 Å². The van der Waals surface area contributed by atoms with Gasteiger partial charge in [0.1, 0.15) is 4.21 Å². The lowest BCUT2D eigenvalue weighted by atomic mass is 9.84. The average Bonchev–Trinajstić information content (AvgIpc) is 2.78. The quantitative estimate of drug-likeness (QED) is 0.895. The standard InChI is InChI=1S/C12H17NO4S2/c1-12(5-3-2-4-6-12)13-19(16,17)10-7-9(8-18-10)11(14)15/h7-8,13H,2-6H2,1H3,(H,14,15). The highest BCUT2D eigenvalue weighted by atomic mass is 32.2. The van der Waals surface area contributed by atoms with Crippen LogP contribution in [-0.4, -0.2) is 25.0 Å². The normalized spacial score (nSPS) is 19.2. The van der Waals surface area contributed by atoms with E-state index in [1.54, 1.807) is 0 Å². The zero-order valence-corrected chi connectivity index (χ0v) is 12.3. The zero-order chi connectivity index (χ0) is 14.1. The predicted octanol–water partition coefficient (Wildman–Crippen LogP) is 2.45. The smallest absolute Gasteiger partial charge is 0.336 e. The number of carboxylic acids is 1. The van der Waals surface area contributed by atoms with E-state index in [-0.39, 0.29) is 9.77 Å². The fourth-order valence-electron chi connectivity index (χ4n) is 2.38. The maximum absolute atomic E-state index is 12.2. The molecule has 19 heavy (non-hydrogen) atoms. The van der Waals surface area contributed by atoms with Crippen molar-refractivity contribution in [3.8, 4) is 0 Å². The van der Waals surface area contributed by atoms with Crippen LogP contribution < -0.4 is 4.72 Å². The molecule has 0 spiro atoms. The van der Waals surface area contributed by atoms with Gasteiger partial charge in [0.25, 0.3) is 10.0 Å². The number of nitrogens with one attached hydrogen (secondary N) is 1. The third-order valence-electron chi connectivity index (χ3n) is 3.43. The van der Waals surface area contributed by atoms with Crippen LogP contribution in [-0.2, 0) is 10.0 Å². The maximum Gasteiger partial charge on any atom is 0.336 e. The molecule has 1 aromatic heterocycles. The van der Waals surface area contributed by atoms with Crippen LogP contribution in [0.1, 0.15) is 49.4 Å². The van der Waals surface area contributed by atoms with Crippen molar-refractivity contribution in [2.75, 3.05) is 0 Å². The molecule has 1 fully saturated rings. The van der Waals surface area contributed by atoms with Crippen molar-refractivity contribution in [1.82, 2.24) is 4.72 Å². The molecule has 0 bridgehead atoms. The fraction of sp³-hybridized carbons (Fsp3) is 0.583. The van der Waals surface area contributed by atoms with Crippen molar-refractivity contribution in [2.45, 2.75) is 48.8 Å². The van der Waals surface area contributed by atoms with Gasteiger partial charge in [-0.3, -0.25) is 0 Å². The monoisotopic (exact) mass is 303 g/mol. The summed E-state index contributed by atoms with van der Waals surface area (Å²) in [5.41, 5.74) is -0.399. The van der Waals surface area contributed by atoms with Crippen LogP contribution in [0.3, 0.4) is 0 Å². The van der Waals surface area contributed by atoms with E-state index in [9.17, 15) is 13.2 Å². The first-order valence-corrected chi connectivity index (χ1v) is 8.55. The minimum atomic E-state index is -3.63. The Morgan fingerprint density at radius 1 is 1.37 bits per heavy atom. The number of carbonyl (C=O) groups is 1. The molecule has 5 nitrogen and oxygen atoms in total. The Bertz CT molecular complexity index is 570. The van der Waals surface area contributed by atoms with E-state index in [0.29, 0.717) is 0 Å². The predicted molar refractivity (Wildman–Crippen MR) is 73.1 cm³/mol. The second-order valence-corrected chi connectivity index (χ2v) is 8.01. The number of thiophene rings is 1. The Morgan fingerprint density at radius 2 is 2.00 bits per heavy atom. The molecule has 2 N–H and O–H groups in total. The zero-order valence-electron chi connectivity index (χ0n) is 10.7. The fourth-order valence-corrected chi connectivity index (χ4v) is 5.00. The molecule has 0 unspecified atom stereocenters. The van der Waals surface area contributed by atoms with Crippen LogP contribution in [0.4, 0.5) is 0 Å². The number of carboxylic acid groups (broad SMARTS) is 1. The Labute approximate surface area is 116 Å². The van der Waals surface area contributed by atoms with E-state index in [0.717, 1.165) is 43.4 Å². The van der Waals surface area contributed by atoms with Crippen LogP contribution in [0, 0.1) is 0 Å². The van der Waals surface area contributed by atoms with Gasteiger partial charge >= 0.3 is 5.97 Å². The van der Waals surface area contributed by atoms with Crippen molar-refractivity contribution >= 4 is 27.3 Å². The summed E-state index contributed by atoms with van der Waals surface area (Å²) in [6, 6.07) is 1.21. The van der Waals surface area contributed by atoms with Gasteiger partial charge in [0.05, 0.1) is 5.56 Å². The molecule has 0 aliphatic heterocycles. The summed E-state index contributed by atoms with van der Waals surface area (Å²) in [7, 11) is -3.63. The summed E-state index contributed by atoms with van der Waals surface area (Å²) in [6.07, 6.45) is 4.82. The van der Waals surface area contributed by atoms with Crippen molar-refractivity contribution in [1.29, 1.82) is 0 Å². The SMILES string of the molecule is CC1(NS(=O)(=O)c2cc(C(=O)O)cs2)CCCCC1. The molecule has 2 rings (SSSR count). The summed E-state index contributed by atoms with van der Waals surface area (Å²) in [6.45, 7) is 1.91. The van der Waals surface area contributed by atoms with Gasteiger partial charge in [-0.15, -0.1) is 11.3 Å². The lowest BCUT2D eigenvalue weighted by Crippen LogP contribution is -2.46. The molecule has 0 radical (unpaired) electrons. The van der Waals surface area contributed by atoms with E-state index in [4.69, 9.17) is 5.11 Å². The van der Waals surface area contributed by atoms with Crippen molar-refractivity contribution < 1.29 is 18.3 Å². The third-order valence-corrected chi connectivity index (χ3v) is 6.50. The molecule has 7 heteroatoms. The molecule has 0 amide bonds. The average molecular weight is 303 g/mol. The molecule has 0 saturated heterocycles. The van der Waals surface area contributed by atoms with Gasteiger partial charge in [0, 0.05) is 10.9 Å². The Morgan fingerprint density at radius 3 is 2.53 bits per heavy atom. The van der Waals surface area contributed by atoms with E-state index >= 15 is 0 Å². The molecule has 1 aromatic rings. The van der Waals surface area contributed by atoms with Crippen molar-refractivity contribution in [2.24, 2.45) is 0 Å². The molecule has 1 saturated carbocycles. The van der Waals surface area contributed by atoms with Crippen LogP contribution in [0.2, 0.25) is 0 Å². The van der Waals surface area contributed by atoms with Gasteiger partial charge in [-0.2, -0.15) is 0 Å². The number of rotatable bonds is 4. The van der Waals surface area contributed by atoms with E-state index in [1.807, 2.05) is 6.92 Å². The van der Waals surface area contributed by atoms with Gasteiger partial charge in [-0.1, -0.05) is 19.3 Å². The van der Waals surface area contributed by atoms with Gasteiger partial charge in [0.2, 0.25) is 0 Å². The summed E-state index contributed by atoms with van der Waals surface area (Å²) in [5.74, 6) is -1.11. The highest BCUT2D eigenvalue weighted by Crippen LogP contribution is 2.30. The molecule has 1 aliphatic rings. The molecule has 0 aromatic carbocycles. The van der Waals surface area contributed by atoms with Crippen LogP contribution in [0.15, 0.2) is 15.7 Å². The molecular formula is C12H17NO4S2. The molecule has 0 atom stereocenters. The van der Waals surface area contributed by atoms with Gasteiger partial charge < -0.3 is 5.11 Å². The second kappa shape index (κ2) is 5.22. The lowest BCUT2D eigenvalue weighted by molar-refractivity contribution is 0.0697. The minimum Gasteiger partial charge on any atom is -0.478 e. The number of sulfonamides is 1. The van der Waals surface area contributed by atoms with Crippen LogP contribution >= 0.6 is 11.3 Å².